The highest BCUT2D eigenvalue weighted by atomic mass is 79.9. The molecule has 1 aromatic heterocycles. The molecule has 3 rings (SSSR count). The molecule has 0 bridgehead atoms. The van der Waals surface area contributed by atoms with Crippen LogP contribution in [0.4, 0.5) is 0 Å². The predicted octanol–water partition coefficient (Wildman–Crippen LogP) is 4.43. The van der Waals surface area contributed by atoms with Crippen molar-refractivity contribution < 1.29 is 0 Å². The minimum Gasteiger partial charge on any atom is -0.233 e. The second-order valence-electron chi connectivity index (χ2n) is 4.27. The van der Waals surface area contributed by atoms with E-state index in [9.17, 15) is 0 Å². The molecule has 19 heavy (non-hydrogen) atoms. The largest absolute Gasteiger partial charge is 0.233 e. The molecule has 2 nitrogen and oxygen atoms in total. The van der Waals surface area contributed by atoms with Crippen LogP contribution in [0.1, 0.15) is 5.69 Å². The number of rotatable bonds is 3. The Hall–Kier alpha value is -1.87. The Kier molecular flexibility index (Phi) is 3.47. The van der Waals surface area contributed by atoms with Crippen LogP contribution in [0.3, 0.4) is 0 Å². The molecule has 0 aliphatic rings. The summed E-state index contributed by atoms with van der Waals surface area (Å²) in [4.78, 5) is 0. The lowest BCUT2D eigenvalue weighted by atomic mass is 10.1. The first kappa shape index (κ1) is 12.2. The molecule has 0 fully saturated rings. The van der Waals surface area contributed by atoms with Gasteiger partial charge in [0.15, 0.2) is 0 Å². The second kappa shape index (κ2) is 5.41. The molecular weight excluding hydrogens is 300 g/mol. The molecule has 0 saturated heterocycles. The first-order chi connectivity index (χ1) is 9.38. The number of para-hydroxylation sites is 1. The standard InChI is InChI=1S/C16H13BrN2/c17-12-14-11-16(13-7-3-1-4-8-13)19(18-14)15-9-5-2-6-10-15/h1-11H,12H2. The van der Waals surface area contributed by atoms with Gasteiger partial charge in [0, 0.05) is 10.9 Å². The fourth-order valence-electron chi connectivity index (χ4n) is 2.08. The fourth-order valence-corrected chi connectivity index (χ4v) is 2.35. The predicted molar refractivity (Wildman–Crippen MR) is 81.6 cm³/mol. The summed E-state index contributed by atoms with van der Waals surface area (Å²) in [6, 6.07) is 22.7. The van der Waals surface area contributed by atoms with Crippen LogP contribution >= 0.6 is 15.9 Å². The zero-order valence-electron chi connectivity index (χ0n) is 10.3. The van der Waals surface area contributed by atoms with Gasteiger partial charge in [0.05, 0.1) is 17.1 Å². The third-order valence-electron chi connectivity index (χ3n) is 2.97. The molecule has 1 heterocycles. The Balaban J connectivity index is 2.17. The minimum absolute atomic E-state index is 0.757. The average Bonchev–Trinajstić information content (AvgIpc) is 2.93. The normalized spacial score (nSPS) is 10.6. The van der Waals surface area contributed by atoms with Crippen molar-refractivity contribution in [1.82, 2.24) is 9.78 Å². The van der Waals surface area contributed by atoms with Crippen molar-refractivity contribution in [1.29, 1.82) is 0 Å². The first-order valence-corrected chi connectivity index (χ1v) is 7.26. The smallest absolute Gasteiger partial charge is 0.0744 e. The highest BCUT2D eigenvalue weighted by Crippen LogP contribution is 2.24. The molecule has 0 N–H and O–H groups in total. The van der Waals surface area contributed by atoms with Gasteiger partial charge in [-0.1, -0.05) is 64.5 Å². The highest BCUT2D eigenvalue weighted by molar-refractivity contribution is 9.08. The molecule has 2 aromatic carbocycles. The van der Waals surface area contributed by atoms with Crippen molar-refractivity contribution in [2.45, 2.75) is 5.33 Å². The maximum atomic E-state index is 4.65. The van der Waals surface area contributed by atoms with Crippen molar-refractivity contribution in [3.63, 3.8) is 0 Å². The summed E-state index contributed by atoms with van der Waals surface area (Å²) < 4.78 is 1.99. The molecule has 0 amide bonds. The third-order valence-corrected chi connectivity index (χ3v) is 3.54. The summed E-state index contributed by atoms with van der Waals surface area (Å²) in [5, 5.41) is 5.40. The number of halogens is 1. The average molecular weight is 313 g/mol. The number of hydrogen-bond donors (Lipinski definition) is 0. The third kappa shape index (κ3) is 2.47. The monoisotopic (exact) mass is 312 g/mol. The highest BCUT2D eigenvalue weighted by Gasteiger charge is 2.10. The lowest BCUT2D eigenvalue weighted by Crippen LogP contribution is -1.98. The molecule has 0 aliphatic heterocycles. The van der Waals surface area contributed by atoms with E-state index in [1.165, 1.54) is 5.56 Å². The number of alkyl halides is 1. The SMILES string of the molecule is BrCc1cc(-c2ccccc2)n(-c2ccccc2)n1. The van der Waals surface area contributed by atoms with Crippen LogP contribution in [0.15, 0.2) is 66.7 Å². The van der Waals surface area contributed by atoms with E-state index in [-0.39, 0.29) is 0 Å². The molecule has 0 aliphatic carbocycles. The van der Waals surface area contributed by atoms with E-state index in [1.807, 2.05) is 41.1 Å². The van der Waals surface area contributed by atoms with Crippen molar-refractivity contribution in [2.24, 2.45) is 0 Å². The molecule has 0 spiro atoms. The van der Waals surface area contributed by atoms with E-state index in [2.05, 4.69) is 51.4 Å². The number of aromatic nitrogens is 2. The molecule has 0 radical (unpaired) electrons. The summed E-state index contributed by atoms with van der Waals surface area (Å²) >= 11 is 3.47. The van der Waals surface area contributed by atoms with Gasteiger partial charge in [0.1, 0.15) is 0 Å². The van der Waals surface area contributed by atoms with Gasteiger partial charge in [-0.15, -0.1) is 0 Å². The maximum absolute atomic E-state index is 4.65. The molecule has 0 atom stereocenters. The summed E-state index contributed by atoms with van der Waals surface area (Å²) in [6.07, 6.45) is 0. The van der Waals surface area contributed by atoms with E-state index in [4.69, 9.17) is 0 Å². The van der Waals surface area contributed by atoms with Crippen LogP contribution in [-0.4, -0.2) is 9.78 Å². The molecule has 0 unspecified atom stereocenters. The topological polar surface area (TPSA) is 17.8 Å². The van der Waals surface area contributed by atoms with Gasteiger partial charge < -0.3 is 0 Å². The van der Waals surface area contributed by atoms with Gasteiger partial charge in [-0.2, -0.15) is 5.10 Å². The van der Waals surface area contributed by atoms with Crippen LogP contribution in [0.5, 0.6) is 0 Å². The number of benzene rings is 2. The summed E-state index contributed by atoms with van der Waals surface area (Å²) in [5.41, 5.74) is 4.39. The van der Waals surface area contributed by atoms with E-state index in [1.54, 1.807) is 0 Å². The Morgan fingerprint density at radius 2 is 1.53 bits per heavy atom. The maximum Gasteiger partial charge on any atom is 0.0744 e. The van der Waals surface area contributed by atoms with E-state index < -0.39 is 0 Å². The molecule has 94 valence electrons. The Morgan fingerprint density at radius 3 is 2.16 bits per heavy atom. The van der Waals surface area contributed by atoms with Crippen molar-refractivity contribution >= 4 is 15.9 Å². The lowest BCUT2D eigenvalue weighted by molar-refractivity contribution is 0.867. The Labute approximate surface area is 120 Å². The van der Waals surface area contributed by atoms with Crippen molar-refractivity contribution in [3.8, 4) is 16.9 Å². The van der Waals surface area contributed by atoms with Crippen molar-refractivity contribution in [2.75, 3.05) is 0 Å². The Bertz CT molecular complexity index is 603. The van der Waals surface area contributed by atoms with Crippen LogP contribution in [-0.2, 0) is 5.33 Å². The van der Waals surface area contributed by atoms with Gasteiger partial charge in [0.2, 0.25) is 0 Å². The van der Waals surface area contributed by atoms with Gasteiger partial charge >= 0.3 is 0 Å². The lowest BCUT2D eigenvalue weighted by Gasteiger charge is -2.07. The van der Waals surface area contributed by atoms with Gasteiger partial charge in [0.25, 0.3) is 0 Å². The molecule has 3 heteroatoms. The van der Waals surface area contributed by atoms with E-state index in [0.717, 1.165) is 22.4 Å². The zero-order chi connectivity index (χ0) is 13.1. The van der Waals surface area contributed by atoms with Gasteiger partial charge in [-0.3, -0.25) is 0 Å². The second-order valence-corrected chi connectivity index (χ2v) is 4.83. The zero-order valence-corrected chi connectivity index (χ0v) is 11.9. The summed E-state index contributed by atoms with van der Waals surface area (Å²) in [5.74, 6) is 0. The van der Waals surface area contributed by atoms with E-state index >= 15 is 0 Å². The van der Waals surface area contributed by atoms with Crippen LogP contribution in [0.2, 0.25) is 0 Å². The van der Waals surface area contributed by atoms with Crippen LogP contribution in [0.25, 0.3) is 16.9 Å². The summed E-state index contributed by atoms with van der Waals surface area (Å²) in [7, 11) is 0. The van der Waals surface area contributed by atoms with Gasteiger partial charge in [-0.25, -0.2) is 4.68 Å². The summed E-state index contributed by atoms with van der Waals surface area (Å²) in [6.45, 7) is 0. The molecule has 0 saturated carbocycles. The minimum atomic E-state index is 0.757. The molecular formula is C16H13BrN2. The fraction of sp³-hybridized carbons (Fsp3) is 0.0625. The van der Waals surface area contributed by atoms with Crippen LogP contribution < -0.4 is 0 Å². The van der Waals surface area contributed by atoms with Gasteiger partial charge in [-0.05, 0) is 18.2 Å². The van der Waals surface area contributed by atoms with Crippen LogP contribution in [0, 0.1) is 0 Å². The molecule has 3 aromatic rings. The number of hydrogen-bond acceptors (Lipinski definition) is 1. The first-order valence-electron chi connectivity index (χ1n) is 6.14. The number of nitrogens with zero attached hydrogens (tertiary/aromatic N) is 2. The van der Waals surface area contributed by atoms with Crippen molar-refractivity contribution in [3.05, 3.63) is 72.4 Å². The Morgan fingerprint density at radius 1 is 0.895 bits per heavy atom. The van der Waals surface area contributed by atoms with E-state index in [0.29, 0.717) is 0 Å². The quantitative estimate of drug-likeness (QED) is 0.654.